The quantitative estimate of drug-likeness (QED) is 0.702. The lowest BCUT2D eigenvalue weighted by Gasteiger charge is -2.05. The molecule has 0 spiro atoms. The monoisotopic (exact) mass is 208 g/mol. The Morgan fingerprint density at radius 2 is 2.07 bits per heavy atom. The van der Waals surface area contributed by atoms with Crippen LogP contribution < -0.4 is 4.74 Å². The van der Waals surface area contributed by atoms with Gasteiger partial charge in [-0.3, -0.25) is 4.79 Å². The molecule has 0 radical (unpaired) electrons. The number of hydrogen-bond donors (Lipinski definition) is 0. The number of hydrogen-bond acceptors (Lipinski definition) is 4. The molecule has 4 heteroatoms. The summed E-state index contributed by atoms with van der Waals surface area (Å²) in [5, 5.41) is 0. The molecule has 0 unspecified atom stereocenters. The molecule has 0 saturated carbocycles. The summed E-state index contributed by atoms with van der Waals surface area (Å²) >= 11 is 0. The van der Waals surface area contributed by atoms with E-state index in [9.17, 15) is 9.59 Å². The molecule has 1 aromatic carbocycles. The van der Waals surface area contributed by atoms with Gasteiger partial charge in [-0.1, -0.05) is 6.07 Å². The van der Waals surface area contributed by atoms with Gasteiger partial charge in [-0.05, 0) is 25.1 Å². The van der Waals surface area contributed by atoms with Crippen molar-refractivity contribution in [3.05, 3.63) is 29.8 Å². The van der Waals surface area contributed by atoms with Crippen molar-refractivity contribution in [1.29, 1.82) is 0 Å². The van der Waals surface area contributed by atoms with E-state index in [1.54, 1.807) is 18.2 Å². The lowest BCUT2D eigenvalue weighted by molar-refractivity contribution is -0.118. The van der Waals surface area contributed by atoms with Gasteiger partial charge >= 0.3 is 5.97 Å². The molecule has 0 bridgehead atoms. The van der Waals surface area contributed by atoms with Crippen molar-refractivity contribution < 1.29 is 19.1 Å². The van der Waals surface area contributed by atoms with Crippen molar-refractivity contribution in [2.45, 2.75) is 6.92 Å². The van der Waals surface area contributed by atoms with Crippen LogP contribution in [0, 0.1) is 0 Å². The molecule has 0 aliphatic carbocycles. The first-order valence-electron chi connectivity index (χ1n) is 4.44. The zero-order chi connectivity index (χ0) is 11.3. The van der Waals surface area contributed by atoms with E-state index < -0.39 is 5.97 Å². The zero-order valence-electron chi connectivity index (χ0n) is 8.65. The van der Waals surface area contributed by atoms with Crippen LogP contribution in [0.4, 0.5) is 0 Å². The molecule has 1 aromatic rings. The summed E-state index contributed by atoms with van der Waals surface area (Å²) in [6, 6.07) is 6.50. The van der Waals surface area contributed by atoms with Crippen LogP contribution in [-0.2, 0) is 9.53 Å². The van der Waals surface area contributed by atoms with E-state index in [1.807, 2.05) is 0 Å². The highest BCUT2D eigenvalue weighted by molar-refractivity contribution is 5.89. The first-order valence-corrected chi connectivity index (χ1v) is 4.44. The predicted octanol–water partition coefficient (Wildman–Crippen LogP) is 1.44. The van der Waals surface area contributed by atoms with Crippen molar-refractivity contribution in [3.63, 3.8) is 0 Å². The highest BCUT2D eigenvalue weighted by Crippen LogP contribution is 2.13. The van der Waals surface area contributed by atoms with Gasteiger partial charge in [0.15, 0.2) is 5.78 Å². The molecule has 0 amide bonds. The van der Waals surface area contributed by atoms with Crippen molar-refractivity contribution >= 4 is 11.8 Å². The van der Waals surface area contributed by atoms with Gasteiger partial charge in [-0.15, -0.1) is 0 Å². The Morgan fingerprint density at radius 1 is 1.33 bits per heavy atom. The second-order valence-corrected chi connectivity index (χ2v) is 3.01. The van der Waals surface area contributed by atoms with Gasteiger partial charge in [0, 0.05) is 0 Å². The summed E-state index contributed by atoms with van der Waals surface area (Å²) in [4.78, 5) is 21.8. The summed E-state index contributed by atoms with van der Waals surface area (Å²) in [5.41, 5.74) is 0.401. The summed E-state index contributed by atoms with van der Waals surface area (Å²) < 4.78 is 9.70. The Kier molecular flexibility index (Phi) is 3.85. The van der Waals surface area contributed by atoms with Gasteiger partial charge in [0.1, 0.15) is 12.4 Å². The molecule has 0 aromatic heterocycles. The molecule has 4 nitrogen and oxygen atoms in total. The average molecular weight is 208 g/mol. The van der Waals surface area contributed by atoms with E-state index in [1.165, 1.54) is 20.1 Å². The first kappa shape index (κ1) is 11.2. The minimum absolute atomic E-state index is 0.00459. The largest absolute Gasteiger partial charge is 0.486 e. The van der Waals surface area contributed by atoms with Crippen molar-refractivity contribution in [2.24, 2.45) is 0 Å². The second kappa shape index (κ2) is 5.14. The lowest BCUT2D eigenvalue weighted by atomic mass is 10.2. The van der Waals surface area contributed by atoms with Gasteiger partial charge in [0.25, 0.3) is 0 Å². The standard InChI is InChI=1S/C11H12O4/c1-8(12)7-15-10-5-3-4-9(6-10)11(13)14-2/h3-6H,7H2,1-2H3. The van der Waals surface area contributed by atoms with Crippen LogP contribution in [0.25, 0.3) is 0 Å². The average Bonchev–Trinajstić information content (AvgIpc) is 2.25. The molecule has 15 heavy (non-hydrogen) atoms. The highest BCUT2D eigenvalue weighted by atomic mass is 16.5. The first-order chi connectivity index (χ1) is 7.13. The van der Waals surface area contributed by atoms with E-state index in [0.717, 1.165) is 0 Å². The molecule has 0 aliphatic rings. The molecule has 0 N–H and O–H groups in total. The molecule has 0 fully saturated rings. The van der Waals surface area contributed by atoms with E-state index in [2.05, 4.69) is 4.74 Å². The number of methoxy groups -OCH3 is 1. The number of carbonyl (C=O) groups excluding carboxylic acids is 2. The smallest absolute Gasteiger partial charge is 0.337 e. The van der Waals surface area contributed by atoms with Crippen LogP contribution in [-0.4, -0.2) is 25.5 Å². The summed E-state index contributed by atoms with van der Waals surface area (Å²) in [6.45, 7) is 1.44. The van der Waals surface area contributed by atoms with Crippen molar-refractivity contribution in [1.82, 2.24) is 0 Å². The topological polar surface area (TPSA) is 52.6 Å². The Labute approximate surface area is 87.8 Å². The third kappa shape index (κ3) is 3.42. The molecular weight excluding hydrogens is 196 g/mol. The predicted molar refractivity (Wildman–Crippen MR) is 54.0 cm³/mol. The summed E-state index contributed by atoms with van der Waals surface area (Å²) in [5.74, 6) is -0.0187. The number of benzene rings is 1. The van der Waals surface area contributed by atoms with E-state index >= 15 is 0 Å². The maximum absolute atomic E-state index is 11.2. The van der Waals surface area contributed by atoms with Gasteiger partial charge in [-0.25, -0.2) is 4.79 Å². The third-order valence-corrected chi connectivity index (χ3v) is 1.70. The summed E-state index contributed by atoms with van der Waals surface area (Å²) in [6.07, 6.45) is 0. The van der Waals surface area contributed by atoms with Gasteiger partial charge in [-0.2, -0.15) is 0 Å². The normalized spacial score (nSPS) is 9.47. The number of ketones is 1. The molecule has 0 saturated heterocycles. The van der Waals surface area contributed by atoms with Crippen LogP contribution in [0.15, 0.2) is 24.3 Å². The number of ether oxygens (including phenoxy) is 2. The maximum Gasteiger partial charge on any atom is 0.337 e. The van der Waals surface area contributed by atoms with Crippen molar-refractivity contribution in [2.75, 3.05) is 13.7 Å². The van der Waals surface area contributed by atoms with Crippen LogP contribution in [0.2, 0.25) is 0 Å². The van der Waals surface area contributed by atoms with Gasteiger partial charge in [0.05, 0.1) is 12.7 Å². The molecular formula is C11H12O4. The Bertz CT molecular complexity index is 371. The Balaban J connectivity index is 2.74. The molecule has 0 heterocycles. The molecule has 80 valence electrons. The minimum atomic E-state index is -0.428. The number of carbonyl (C=O) groups is 2. The maximum atomic E-state index is 11.2. The second-order valence-electron chi connectivity index (χ2n) is 3.01. The lowest BCUT2D eigenvalue weighted by Crippen LogP contribution is -2.07. The Morgan fingerprint density at radius 3 is 2.67 bits per heavy atom. The number of Topliss-reactive ketones (excluding diaryl/α,β-unsaturated/α-hetero) is 1. The number of rotatable bonds is 4. The SMILES string of the molecule is COC(=O)c1cccc(OCC(C)=O)c1. The molecule has 0 aliphatic heterocycles. The van der Waals surface area contributed by atoms with Crippen LogP contribution >= 0.6 is 0 Å². The summed E-state index contributed by atoms with van der Waals surface area (Å²) in [7, 11) is 1.31. The fraction of sp³-hybridized carbons (Fsp3) is 0.273. The van der Waals surface area contributed by atoms with Crippen molar-refractivity contribution in [3.8, 4) is 5.75 Å². The van der Waals surface area contributed by atoms with Gasteiger partial charge in [0.2, 0.25) is 0 Å². The third-order valence-electron chi connectivity index (χ3n) is 1.70. The van der Waals surface area contributed by atoms with E-state index in [-0.39, 0.29) is 12.4 Å². The van der Waals surface area contributed by atoms with Gasteiger partial charge < -0.3 is 9.47 Å². The zero-order valence-corrected chi connectivity index (χ0v) is 8.65. The fourth-order valence-corrected chi connectivity index (χ4v) is 1.02. The van der Waals surface area contributed by atoms with E-state index in [0.29, 0.717) is 11.3 Å². The Hall–Kier alpha value is -1.84. The van der Waals surface area contributed by atoms with Crippen LogP contribution in [0.3, 0.4) is 0 Å². The van der Waals surface area contributed by atoms with Crippen LogP contribution in [0.1, 0.15) is 17.3 Å². The fourth-order valence-electron chi connectivity index (χ4n) is 1.02. The number of esters is 1. The minimum Gasteiger partial charge on any atom is -0.486 e. The molecule has 0 atom stereocenters. The highest BCUT2D eigenvalue weighted by Gasteiger charge is 2.06. The molecule has 1 rings (SSSR count). The van der Waals surface area contributed by atoms with E-state index in [4.69, 9.17) is 4.74 Å². The van der Waals surface area contributed by atoms with Crippen LogP contribution in [0.5, 0.6) is 5.75 Å².